The Morgan fingerprint density at radius 2 is 0.962 bits per heavy atom. The molecule has 2 fully saturated rings. The standard InChI is InChI=1S/C20H20B2O4/c1-13-14(2)20-12-16(22-25-9-10-26-22)4-6-18(20)17-5-3-15(11-19(13)17)21-23-7-8-24-21/h3-6,11-12H,7-10H2,1-2H3. The van der Waals surface area contributed by atoms with Crippen LogP contribution in [-0.4, -0.2) is 40.7 Å². The molecule has 6 heteroatoms. The lowest BCUT2D eigenvalue weighted by atomic mass is 9.76. The highest BCUT2D eigenvalue weighted by atomic mass is 16.6. The number of fused-ring (bicyclic) bond motifs is 3. The molecule has 0 bridgehead atoms. The lowest BCUT2D eigenvalue weighted by molar-refractivity contribution is 0.365. The van der Waals surface area contributed by atoms with Gasteiger partial charge in [-0.2, -0.15) is 0 Å². The van der Waals surface area contributed by atoms with E-state index in [2.05, 4.69) is 50.2 Å². The fourth-order valence-electron chi connectivity index (χ4n) is 4.01. The Kier molecular flexibility index (Phi) is 4.02. The van der Waals surface area contributed by atoms with Crippen LogP contribution in [0.3, 0.4) is 0 Å². The summed E-state index contributed by atoms with van der Waals surface area (Å²) < 4.78 is 22.7. The second-order valence-electron chi connectivity index (χ2n) is 7.01. The van der Waals surface area contributed by atoms with E-state index in [4.69, 9.17) is 18.6 Å². The molecule has 0 unspecified atom stereocenters. The van der Waals surface area contributed by atoms with Gasteiger partial charge in [-0.3, -0.25) is 0 Å². The molecule has 3 aromatic rings. The molecule has 0 saturated carbocycles. The van der Waals surface area contributed by atoms with Gasteiger partial charge in [-0.1, -0.05) is 36.4 Å². The largest absolute Gasteiger partial charge is 0.494 e. The summed E-state index contributed by atoms with van der Waals surface area (Å²) in [4.78, 5) is 0. The maximum atomic E-state index is 5.67. The molecule has 0 aromatic heterocycles. The second kappa shape index (κ2) is 6.39. The van der Waals surface area contributed by atoms with Gasteiger partial charge in [-0.25, -0.2) is 0 Å². The van der Waals surface area contributed by atoms with Crippen LogP contribution >= 0.6 is 0 Å². The highest BCUT2D eigenvalue weighted by Gasteiger charge is 2.28. The first-order valence-electron chi connectivity index (χ1n) is 9.15. The molecule has 0 N–H and O–H groups in total. The minimum Gasteiger partial charge on any atom is -0.405 e. The minimum absolute atomic E-state index is 0.242. The van der Waals surface area contributed by atoms with Gasteiger partial charge in [0.25, 0.3) is 0 Å². The first-order valence-corrected chi connectivity index (χ1v) is 9.15. The molecule has 130 valence electrons. The maximum absolute atomic E-state index is 5.67. The molecule has 5 rings (SSSR count). The lowest BCUT2D eigenvalue weighted by Gasteiger charge is -2.15. The van der Waals surface area contributed by atoms with Crippen molar-refractivity contribution in [2.45, 2.75) is 13.8 Å². The first-order chi connectivity index (χ1) is 12.7. The van der Waals surface area contributed by atoms with Crippen molar-refractivity contribution in [1.29, 1.82) is 0 Å². The predicted octanol–water partition coefficient (Wildman–Crippen LogP) is 2.09. The highest BCUT2D eigenvalue weighted by Crippen LogP contribution is 2.31. The molecule has 2 aliphatic rings. The summed E-state index contributed by atoms with van der Waals surface area (Å²) in [5.41, 5.74) is 4.75. The SMILES string of the molecule is Cc1c(C)c2cc(B3OCCO3)ccc2c2ccc(B3OCCO3)cc12. The van der Waals surface area contributed by atoms with Crippen LogP contribution < -0.4 is 10.9 Å². The summed E-state index contributed by atoms with van der Waals surface area (Å²) in [6, 6.07) is 13.0. The van der Waals surface area contributed by atoms with Crippen LogP contribution in [0.2, 0.25) is 0 Å². The maximum Gasteiger partial charge on any atom is 0.494 e. The van der Waals surface area contributed by atoms with Crippen LogP contribution in [0.1, 0.15) is 11.1 Å². The summed E-state index contributed by atoms with van der Waals surface area (Å²) >= 11 is 0. The normalized spacial score (nSPS) is 17.8. The van der Waals surface area contributed by atoms with E-state index < -0.39 is 0 Å². The molecule has 2 aliphatic heterocycles. The molecule has 26 heavy (non-hydrogen) atoms. The Morgan fingerprint density at radius 3 is 1.35 bits per heavy atom. The van der Waals surface area contributed by atoms with Crippen molar-refractivity contribution in [2.75, 3.05) is 26.4 Å². The molecule has 0 aliphatic carbocycles. The first kappa shape index (κ1) is 16.3. The third kappa shape index (κ3) is 2.57. The van der Waals surface area contributed by atoms with Crippen molar-refractivity contribution in [2.24, 2.45) is 0 Å². The van der Waals surface area contributed by atoms with Gasteiger partial charge in [-0.05, 0) is 57.4 Å². The molecular weight excluding hydrogens is 326 g/mol. The fraction of sp³-hybridized carbons (Fsp3) is 0.300. The molecule has 4 nitrogen and oxygen atoms in total. The van der Waals surface area contributed by atoms with E-state index in [0.717, 1.165) is 10.9 Å². The van der Waals surface area contributed by atoms with E-state index >= 15 is 0 Å². The molecule has 0 atom stereocenters. The number of hydrogen-bond donors (Lipinski definition) is 0. The van der Waals surface area contributed by atoms with Crippen LogP contribution in [0.15, 0.2) is 36.4 Å². The fourth-order valence-corrected chi connectivity index (χ4v) is 4.01. The Bertz CT molecular complexity index is 911. The summed E-state index contributed by atoms with van der Waals surface area (Å²) in [5.74, 6) is 0. The van der Waals surface area contributed by atoms with Gasteiger partial charge in [0.15, 0.2) is 0 Å². The Balaban J connectivity index is 1.69. The van der Waals surface area contributed by atoms with E-state index in [9.17, 15) is 0 Å². The third-order valence-corrected chi connectivity index (χ3v) is 5.54. The van der Waals surface area contributed by atoms with Crippen LogP contribution in [0.4, 0.5) is 0 Å². The monoisotopic (exact) mass is 346 g/mol. The van der Waals surface area contributed by atoms with Gasteiger partial charge in [0, 0.05) is 0 Å². The average Bonchev–Trinajstić information content (AvgIpc) is 3.39. The summed E-state index contributed by atoms with van der Waals surface area (Å²) in [6.07, 6.45) is 0. The van der Waals surface area contributed by atoms with Crippen molar-refractivity contribution in [3.63, 3.8) is 0 Å². The zero-order valence-electron chi connectivity index (χ0n) is 15.1. The van der Waals surface area contributed by atoms with E-state index in [0.29, 0.717) is 26.4 Å². The Morgan fingerprint density at radius 1 is 0.577 bits per heavy atom. The van der Waals surface area contributed by atoms with E-state index in [1.165, 1.54) is 32.7 Å². The predicted molar refractivity (Wildman–Crippen MR) is 106 cm³/mol. The zero-order valence-corrected chi connectivity index (χ0v) is 15.1. The van der Waals surface area contributed by atoms with Gasteiger partial charge in [-0.15, -0.1) is 0 Å². The van der Waals surface area contributed by atoms with Crippen molar-refractivity contribution >= 4 is 46.7 Å². The van der Waals surface area contributed by atoms with Crippen LogP contribution in [-0.2, 0) is 18.6 Å². The molecule has 2 saturated heterocycles. The number of benzene rings is 3. The van der Waals surface area contributed by atoms with E-state index in [-0.39, 0.29) is 14.2 Å². The smallest absolute Gasteiger partial charge is 0.405 e. The van der Waals surface area contributed by atoms with Crippen LogP contribution in [0, 0.1) is 13.8 Å². The van der Waals surface area contributed by atoms with Crippen molar-refractivity contribution in [3.05, 3.63) is 47.5 Å². The van der Waals surface area contributed by atoms with Gasteiger partial charge in [0.05, 0.1) is 26.4 Å². The quantitative estimate of drug-likeness (QED) is 0.526. The Hall–Kier alpha value is -1.85. The van der Waals surface area contributed by atoms with Gasteiger partial charge >= 0.3 is 14.2 Å². The second-order valence-corrected chi connectivity index (χ2v) is 7.01. The number of hydrogen-bond acceptors (Lipinski definition) is 4. The third-order valence-electron chi connectivity index (χ3n) is 5.54. The van der Waals surface area contributed by atoms with Crippen LogP contribution in [0.25, 0.3) is 21.5 Å². The molecule has 2 heterocycles. The summed E-state index contributed by atoms with van der Waals surface area (Å²) in [7, 11) is -0.484. The van der Waals surface area contributed by atoms with Gasteiger partial charge in [0.2, 0.25) is 0 Å². The molecular formula is C20H20B2O4. The molecule has 0 amide bonds. The van der Waals surface area contributed by atoms with E-state index in [1.807, 2.05) is 0 Å². The van der Waals surface area contributed by atoms with Crippen molar-refractivity contribution in [1.82, 2.24) is 0 Å². The minimum atomic E-state index is -0.242. The summed E-state index contributed by atoms with van der Waals surface area (Å²) in [5, 5.41) is 5.02. The Labute approximate surface area is 153 Å². The summed E-state index contributed by atoms with van der Waals surface area (Å²) in [6.45, 7) is 7.01. The topological polar surface area (TPSA) is 36.9 Å². The van der Waals surface area contributed by atoms with Gasteiger partial charge in [0.1, 0.15) is 0 Å². The molecule has 3 aromatic carbocycles. The highest BCUT2D eigenvalue weighted by molar-refractivity contribution is 6.62. The molecule has 0 spiro atoms. The number of rotatable bonds is 2. The lowest BCUT2D eigenvalue weighted by Crippen LogP contribution is -2.31. The van der Waals surface area contributed by atoms with E-state index in [1.54, 1.807) is 0 Å². The zero-order chi connectivity index (χ0) is 17.7. The number of aryl methyl sites for hydroxylation is 2. The van der Waals surface area contributed by atoms with Gasteiger partial charge < -0.3 is 18.6 Å². The van der Waals surface area contributed by atoms with Crippen LogP contribution in [0.5, 0.6) is 0 Å². The van der Waals surface area contributed by atoms with Crippen molar-refractivity contribution < 1.29 is 18.6 Å². The van der Waals surface area contributed by atoms with Crippen molar-refractivity contribution in [3.8, 4) is 0 Å². The molecule has 0 radical (unpaired) electrons. The average molecular weight is 346 g/mol.